The van der Waals surface area contributed by atoms with Crippen molar-refractivity contribution in [3.63, 3.8) is 0 Å². The Hall–Kier alpha value is -2.53. The van der Waals surface area contributed by atoms with Gasteiger partial charge in [0.05, 0.1) is 22.5 Å². The van der Waals surface area contributed by atoms with E-state index in [1.54, 1.807) is 6.92 Å². The molecule has 11 heteroatoms. The normalized spacial score (nSPS) is 15.7. The lowest BCUT2D eigenvalue weighted by Crippen LogP contribution is -2.34. The minimum Gasteiger partial charge on any atom is -0.412 e. The highest BCUT2D eigenvalue weighted by Gasteiger charge is 2.41. The van der Waals surface area contributed by atoms with Gasteiger partial charge in [0.1, 0.15) is 6.67 Å². The number of nitrogens with one attached hydrogen (secondary N) is 3. The van der Waals surface area contributed by atoms with Gasteiger partial charge in [0.15, 0.2) is 5.90 Å². The van der Waals surface area contributed by atoms with Crippen molar-refractivity contribution >= 4 is 33.0 Å². The number of rotatable bonds is 5. The molecule has 27 heavy (non-hydrogen) atoms. The van der Waals surface area contributed by atoms with Crippen LogP contribution >= 0.6 is 0 Å². The van der Waals surface area contributed by atoms with E-state index in [-0.39, 0.29) is 29.8 Å². The van der Waals surface area contributed by atoms with Crippen LogP contribution in [0, 0.1) is 10.8 Å². The summed E-state index contributed by atoms with van der Waals surface area (Å²) in [6, 6.07) is 3.32. The minimum atomic E-state index is -3.83. The number of nitrogens with zero attached hydrogens (tertiary/aromatic N) is 2. The van der Waals surface area contributed by atoms with Gasteiger partial charge in [-0.25, -0.2) is 26.9 Å². The molecular formula is C16H22FN5O4S. The summed E-state index contributed by atoms with van der Waals surface area (Å²) < 4.78 is 47.5. The van der Waals surface area contributed by atoms with Crippen molar-refractivity contribution in [3.8, 4) is 0 Å². The van der Waals surface area contributed by atoms with Gasteiger partial charge in [0.25, 0.3) is 0 Å². The second-order valence-corrected chi connectivity index (χ2v) is 8.42. The molecule has 148 valence electrons. The fourth-order valence-corrected chi connectivity index (χ4v) is 4.25. The maximum atomic E-state index is 12.9. The Morgan fingerprint density at radius 1 is 1.37 bits per heavy atom. The molecule has 0 unspecified atom stereocenters. The molecule has 3 rings (SSSR count). The molecule has 1 saturated carbocycles. The zero-order valence-corrected chi connectivity index (χ0v) is 15.7. The molecule has 1 aliphatic rings. The van der Waals surface area contributed by atoms with E-state index >= 15 is 0 Å². The minimum absolute atomic E-state index is 0. The Kier molecular flexibility index (Phi) is 4.68. The van der Waals surface area contributed by atoms with Crippen LogP contribution in [0.25, 0.3) is 11.0 Å². The zero-order chi connectivity index (χ0) is 20.0. The zero-order valence-electron chi connectivity index (χ0n) is 14.9. The van der Waals surface area contributed by atoms with E-state index in [1.165, 1.54) is 25.1 Å². The Morgan fingerprint density at radius 3 is 2.59 bits per heavy atom. The van der Waals surface area contributed by atoms with Crippen molar-refractivity contribution in [2.45, 2.75) is 43.7 Å². The molecule has 1 heterocycles. The largest absolute Gasteiger partial charge is 0.412 e. The predicted molar refractivity (Wildman–Crippen MR) is 99.9 cm³/mol. The lowest BCUT2D eigenvalue weighted by atomic mass is 10.3. The fourth-order valence-electron chi connectivity index (χ4n) is 2.76. The van der Waals surface area contributed by atoms with E-state index in [0.29, 0.717) is 0 Å². The summed E-state index contributed by atoms with van der Waals surface area (Å²) in [7, 11) is -3.83. The number of imidazole rings is 1. The standard InChI is InChI=1S/C16H20FN5O4S.H2/c1-10(18)26-14(19)22-13-9-11(27(24,25)20-16(2)5-6-16)3-4-12(13)21(8-7-17)15(22)23;/h3-4,9,18-20H,5-8H2,1-2H3;1H. The van der Waals surface area contributed by atoms with E-state index in [9.17, 15) is 17.6 Å². The summed E-state index contributed by atoms with van der Waals surface area (Å²) in [5.74, 6) is -0.314. The van der Waals surface area contributed by atoms with Gasteiger partial charge in [-0.1, -0.05) is 0 Å². The molecule has 9 nitrogen and oxygen atoms in total. The first-order chi connectivity index (χ1) is 12.6. The molecule has 0 atom stereocenters. The SMILES string of the molecule is CC(=N)OC(=N)n1c(=O)n(CCF)c2ccc(S(=O)(=O)NC3(C)CC3)cc21.[HH]. The molecule has 3 N–H and O–H groups in total. The summed E-state index contributed by atoms with van der Waals surface area (Å²) in [6.45, 7) is 2.03. The first-order valence-corrected chi connectivity index (χ1v) is 9.73. The Bertz CT molecular complexity index is 1100. The van der Waals surface area contributed by atoms with Crippen molar-refractivity contribution < 1.29 is 19.0 Å². The number of aromatic nitrogens is 2. The van der Waals surface area contributed by atoms with Crippen LogP contribution in [0.2, 0.25) is 0 Å². The topological polar surface area (TPSA) is 130 Å². The number of hydrogen-bond acceptors (Lipinski definition) is 6. The fraction of sp³-hybridized carbons (Fsp3) is 0.438. The van der Waals surface area contributed by atoms with Gasteiger partial charge < -0.3 is 4.74 Å². The molecule has 1 aliphatic carbocycles. The highest BCUT2D eigenvalue weighted by Crippen LogP contribution is 2.36. The maximum absolute atomic E-state index is 12.9. The molecule has 0 aliphatic heterocycles. The van der Waals surface area contributed by atoms with Gasteiger partial charge >= 0.3 is 11.7 Å². The second kappa shape index (κ2) is 6.57. The molecule has 0 spiro atoms. The lowest BCUT2D eigenvalue weighted by molar-refractivity contribution is 0.442. The Morgan fingerprint density at radius 2 is 2.04 bits per heavy atom. The molecule has 0 amide bonds. The molecule has 1 aromatic heterocycles. The summed E-state index contributed by atoms with van der Waals surface area (Å²) >= 11 is 0. The average Bonchev–Trinajstić information content (AvgIpc) is 3.20. The van der Waals surface area contributed by atoms with Crippen molar-refractivity contribution in [2.24, 2.45) is 0 Å². The maximum Gasteiger partial charge on any atom is 0.337 e. The van der Waals surface area contributed by atoms with Gasteiger partial charge in [0, 0.05) is 13.9 Å². The molecule has 2 aromatic rings. The third-order valence-electron chi connectivity index (χ3n) is 4.35. The highest BCUT2D eigenvalue weighted by molar-refractivity contribution is 7.89. The van der Waals surface area contributed by atoms with Gasteiger partial charge in [0.2, 0.25) is 10.0 Å². The van der Waals surface area contributed by atoms with E-state index in [0.717, 1.165) is 22.0 Å². The van der Waals surface area contributed by atoms with Crippen LogP contribution in [-0.4, -0.2) is 41.7 Å². The van der Waals surface area contributed by atoms with E-state index in [1.807, 2.05) is 0 Å². The third kappa shape index (κ3) is 3.65. The van der Waals surface area contributed by atoms with Crippen molar-refractivity contribution in [1.82, 2.24) is 13.9 Å². The summed E-state index contributed by atoms with van der Waals surface area (Å²) in [5.41, 5.74) is -0.861. The summed E-state index contributed by atoms with van der Waals surface area (Å²) in [6.07, 6.45) is 1.48. The number of halogens is 1. The number of hydrogen-bond donors (Lipinski definition) is 3. The predicted octanol–water partition coefficient (Wildman–Crippen LogP) is 1.65. The van der Waals surface area contributed by atoms with Crippen molar-refractivity contribution in [3.05, 3.63) is 28.7 Å². The van der Waals surface area contributed by atoms with E-state index in [2.05, 4.69) is 4.72 Å². The number of sulfonamides is 1. The van der Waals surface area contributed by atoms with Gasteiger partial charge in [-0.15, -0.1) is 0 Å². The van der Waals surface area contributed by atoms with Gasteiger partial charge in [-0.2, -0.15) is 0 Å². The van der Waals surface area contributed by atoms with Crippen molar-refractivity contribution in [1.29, 1.82) is 10.8 Å². The first kappa shape index (κ1) is 19.2. The molecule has 0 saturated heterocycles. The molecular weight excluding hydrogens is 377 g/mol. The van der Waals surface area contributed by atoms with Crippen LogP contribution in [0.5, 0.6) is 0 Å². The molecule has 1 fully saturated rings. The Balaban J connectivity index is 0.00000280. The van der Waals surface area contributed by atoms with Crippen molar-refractivity contribution in [2.75, 3.05) is 6.67 Å². The van der Waals surface area contributed by atoms with Gasteiger partial charge in [-0.3, -0.25) is 15.4 Å². The van der Waals surface area contributed by atoms with Crippen LogP contribution in [0.15, 0.2) is 27.9 Å². The smallest absolute Gasteiger partial charge is 0.337 e. The molecule has 0 radical (unpaired) electrons. The number of benzene rings is 1. The molecule has 0 bridgehead atoms. The number of alkyl halides is 1. The summed E-state index contributed by atoms with van der Waals surface area (Å²) in [5, 5.41) is 15.3. The average molecular weight is 399 g/mol. The second-order valence-electron chi connectivity index (χ2n) is 6.74. The van der Waals surface area contributed by atoms with Crippen LogP contribution in [0.1, 0.15) is 28.1 Å². The Labute approximate surface area is 156 Å². The van der Waals surface area contributed by atoms with E-state index < -0.39 is 33.9 Å². The number of fused-ring (bicyclic) bond motifs is 1. The quantitative estimate of drug-likeness (QED) is 0.521. The highest BCUT2D eigenvalue weighted by atomic mass is 32.2. The van der Waals surface area contributed by atoms with Crippen LogP contribution in [0.4, 0.5) is 4.39 Å². The van der Waals surface area contributed by atoms with Crippen LogP contribution in [0.3, 0.4) is 0 Å². The van der Waals surface area contributed by atoms with Gasteiger partial charge in [-0.05, 0) is 38.0 Å². The lowest BCUT2D eigenvalue weighted by Gasteiger charge is -2.12. The summed E-state index contributed by atoms with van der Waals surface area (Å²) in [4.78, 5) is 12.5. The monoisotopic (exact) mass is 399 g/mol. The third-order valence-corrected chi connectivity index (χ3v) is 5.99. The van der Waals surface area contributed by atoms with Crippen LogP contribution in [-0.2, 0) is 21.3 Å². The van der Waals surface area contributed by atoms with Crippen LogP contribution < -0.4 is 10.4 Å². The molecule has 1 aromatic carbocycles. The first-order valence-electron chi connectivity index (χ1n) is 8.25. The van der Waals surface area contributed by atoms with E-state index in [4.69, 9.17) is 15.6 Å². The number of ether oxygens (including phenoxy) is 1. The number of aryl methyl sites for hydroxylation is 1.